The predicted molar refractivity (Wildman–Crippen MR) is 146 cm³/mol. The van der Waals surface area contributed by atoms with Crippen LogP contribution in [0.15, 0.2) is 52.3 Å². The largest absolute Gasteiger partial charge is 0.309 e. The summed E-state index contributed by atoms with van der Waals surface area (Å²) >= 11 is 16.6. The van der Waals surface area contributed by atoms with Gasteiger partial charge < -0.3 is 10.6 Å². The molecule has 0 unspecified atom stereocenters. The van der Waals surface area contributed by atoms with Crippen molar-refractivity contribution < 1.29 is 9.59 Å². The zero-order valence-electron chi connectivity index (χ0n) is 18.3. The number of carbonyl (C=O) groups is 2. The van der Waals surface area contributed by atoms with Gasteiger partial charge in [-0.2, -0.15) is 10.2 Å². The number of halogens is 3. The lowest BCUT2D eigenvalue weighted by atomic mass is 10.2. The zero-order chi connectivity index (χ0) is 24.9. The van der Waals surface area contributed by atoms with Gasteiger partial charge in [0.05, 0.1) is 20.9 Å². The Hall–Kier alpha value is -2.92. The molecule has 0 bridgehead atoms. The van der Waals surface area contributed by atoms with Gasteiger partial charge in [-0.3, -0.25) is 19.8 Å². The molecule has 0 aliphatic rings. The molecule has 5 rings (SSSR count). The third-order valence-corrected chi connectivity index (χ3v) is 7.14. The minimum atomic E-state index is -0.159. The smallest absolute Gasteiger partial charge is 0.266 e. The molecule has 0 aliphatic heterocycles. The fourth-order valence-corrected chi connectivity index (χ4v) is 4.49. The Morgan fingerprint density at radius 3 is 2.40 bits per heavy atom. The number of thiophene rings is 1. The first-order chi connectivity index (χ1) is 16.9. The van der Waals surface area contributed by atoms with Crippen LogP contribution >= 0.6 is 50.5 Å². The first-order valence-electron chi connectivity index (χ1n) is 10.5. The highest BCUT2D eigenvalue weighted by atomic mass is 79.9. The molecule has 0 atom stereocenters. The molecule has 3 heterocycles. The molecule has 180 valence electrons. The first kappa shape index (κ1) is 25.2. The number of aromatic amines is 2. The molecule has 4 N–H and O–H groups in total. The summed E-state index contributed by atoms with van der Waals surface area (Å²) in [6.07, 6.45) is 1.30. The average molecular weight is 594 g/mol. The third kappa shape index (κ3) is 6.02. The van der Waals surface area contributed by atoms with Crippen LogP contribution in [0.1, 0.15) is 29.4 Å². The summed E-state index contributed by atoms with van der Waals surface area (Å²) in [7, 11) is 0. The van der Waals surface area contributed by atoms with Crippen LogP contribution in [0, 0.1) is 0 Å². The van der Waals surface area contributed by atoms with Crippen LogP contribution in [-0.4, -0.2) is 32.2 Å². The van der Waals surface area contributed by atoms with E-state index in [4.69, 9.17) is 23.2 Å². The molecule has 0 fully saturated rings. The molecule has 12 heteroatoms. The summed E-state index contributed by atoms with van der Waals surface area (Å²) in [5, 5.41) is 24.1. The van der Waals surface area contributed by atoms with E-state index in [2.05, 4.69) is 47.0 Å². The molecule has 0 spiro atoms. The minimum absolute atomic E-state index is 0.0352. The van der Waals surface area contributed by atoms with Crippen LogP contribution in [0.4, 0.5) is 11.6 Å². The van der Waals surface area contributed by atoms with E-state index in [1.165, 1.54) is 11.3 Å². The van der Waals surface area contributed by atoms with Crippen molar-refractivity contribution in [3.63, 3.8) is 0 Å². The van der Waals surface area contributed by atoms with E-state index in [9.17, 15) is 9.59 Å². The number of anilines is 2. The minimum Gasteiger partial charge on any atom is -0.309 e. The van der Waals surface area contributed by atoms with E-state index in [0.29, 0.717) is 33.0 Å². The maximum Gasteiger partial charge on any atom is 0.266 e. The molecule has 0 saturated heterocycles. The highest BCUT2D eigenvalue weighted by molar-refractivity contribution is 9.10. The van der Waals surface area contributed by atoms with E-state index >= 15 is 0 Å². The monoisotopic (exact) mass is 592 g/mol. The highest BCUT2D eigenvalue weighted by Gasteiger charge is 2.12. The molecule has 0 radical (unpaired) electrons. The van der Waals surface area contributed by atoms with Gasteiger partial charge in [-0.05, 0) is 64.1 Å². The second-order valence-corrected chi connectivity index (χ2v) is 10.0. The maximum absolute atomic E-state index is 11.9. The Morgan fingerprint density at radius 2 is 1.71 bits per heavy atom. The van der Waals surface area contributed by atoms with Gasteiger partial charge in [-0.1, -0.05) is 36.2 Å². The van der Waals surface area contributed by atoms with Gasteiger partial charge in [0.15, 0.2) is 11.6 Å². The Kier molecular flexibility index (Phi) is 8.07. The van der Waals surface area contributed by atoms with Gasteiger partial charge in [0.1, 0.15) is 0 Å². The molecule has 0 aliphatic carbocycles. The molecule has 35 heavy (non-hydrogen) atoms. The van der Waals surface area contributed by atoms with Crippen molar-refractivity contribution in [1.82, 2.24) is 20.4 Å². The van der Waals surface area contributed by atoms with E-state index in [-0.39, 0.29) is 11.8 Å². The van der Waals surface area contributed by atoms with Gasteiger partial charge in [0.2, 0.25) is 5.91 Å². The Morgan fingerprint density at radius 1 is 1.00 bits per heavy atom. The Bertz CT molecular complexity index is 1500. The number of fused-ring (bicyclic) bond motifs is 2. The van der Waals surface area contributed by atoms with Crippen molar-refractivity contribution >= 4 is 95.7 Å². The summed E-state index contributed by atoms with van der Waals surface area (Å²) in [5.41, 5.74) is 1.59. The Balaban J connectivity index is 0.000000165. The van der Waals surface area contributed by atoms with Crippen molar-refractivity contribution in [3.05, 3.63) is 67.2 Å². The highest BCUT2D eigenvalue weighted by Crippen LogP contribution is 2.30. The molecule has 2 aromatic carbocycles. The summed E-state index contributed by atoms with van der Waals surface area (Å²) in [4.78, 5) is 24.1. The second-order valence-electron chi connectivity index (χ2n) is 7.38. The van der Waals surface area contributed by atoms with Crippen LogP contribution in [-0.2, 0) is 4.79 Å². The topological polar surface area (TPSA) is 116 Å². The van der Waals surface area contributed by atoms with Gasteiger partial charge in [-0.25, -0.2) is 0 Å². The van der Waals surface area contributed by atoms with Crippen molar-refractivity contribution in [2.75, 3.05) is 10.6 Å². The lowest BCUT2D eigenvalue weighted by molar-refractivity contribution is -0.116. The van der Waals surface area contributed by atoms with Crippen LogP contribution in [0.3, 0.4) is 0 Å². The lowest BCUT2D eigenvalue weighted by Gasteiger charge is -2.01. The lowest BCUT2D eigenvalue weighted by Crippen LogP contribution is -2.11. The van der Waals surface area contributed by atoms with E-state index in [1.54, 1.807) is 24.3 Å². The molecule has 0 saturated carbocycles. The van der Waals surface area contributed by atoms with Crippen molar-refractivity contribution in [2.24, 2.45) is 0 Å². The van der Waals surface area contributed by atoms with E-state index in [0.717, 1.165) is 32.7 Å². The standard InChI is InChI=1S/C12H8ClN3OS.C11H11BrClN3O/c13-7-3-4-8-9(6-7)15-16-11(8)14-12(17)10-2-1-5-18-10;1-2-3-10(17)14-11-6-4-7(12)8(13)5-9(6)15-16-11/h1-6H,(H2,14,15,16,17);4-5H,2-3H2,1H3,(H2,14,15,16,17). The van der Waals surface area contributed by atoms with Crippen LogP contribution in [0.5, 0.6) is 0 Å². The molecule has 2 amide bonds. The SMILES string of the molecule is CCCC(=O)Nc1n[nH]c2cc(Cl)c(Br)cc12.O=C(Nc1n[nH]c2cc(Cl)ccc12)c1cccs1. The number of hydrogen-bond donors (Lipinski definition) is 4. The van der Waals surface area contributed by atoms with Crippen LogP contribution in [0.2, 0.25) is 10.0 Å². The fourth-order valence-electron chi connectivity index (χ4n) is 3.19. The third-order valence-electron chi connectivity index (χ3n) is 4.84. The van der Waals surface area contributed by atoms with E-state index in [1.807, 2.05) is 30.5 Å². The quantitative estimate of drug-likeness (QED) is 0.172. The van der Waals surface area contributed by atoms with Gasteiger partial charge in [0, 0.05) is 26.7 Å². The number of amides is 2. The predicted octanol–water partition coefficient (Wildman–Crippen LogP) is 7.25. The van der Waals surface area contributed by atoms with Crippen molar-refractivity contribution in [3.8, 4) is 0 Å². The number of aromatic nitrogens is 4. The molecule has 8 nitrogen and oxygen atoms in total. The van der Waals surface area contributed by atoms with Crippen LogP contribution in [0.25, 0.3) is 21.8 Å². The number of rotatable bonds is 5. The molecular formula is C23H19BrCl2N6O2S. The number of hydrogen-bond acceptors (Lipinski definition) is 5. The molecule has 5 aromatic rings. The first-order valence-corrected chi connectivity index (χ1v) is 12.9. The molecular weight excluding hydrogens is 575 g/mol. The second kappa shape index (κ2) is 11.2. The number of carbonyl (C=O) groups excluding carboxylic acids is 2. The summed E-state index contributed by atoms with van der Waals surface area (Å²) < 4.78 is 0.777. The Labute approximate surface area is 222 Å². The van der Waals surface area contributed by atoms with Crippen molar-refractivity contribution in [2.45, 2.75) is 19.8 Å². The summed E-state index contributed by atoms with van der Waals surface area (Å²) in [5.74, 6) is 0.858. The summed E-state index contributed by atoms with van der Waals surface area (Å²) in [6, 6.07) is 12.6. The van der Waals surface area contributed by atoms with E-state index < -0.39 is 0 Å². The zero-order valence-corrected chi connectivity index (χ0v) is 22.2. The molecule has 3 aromatic heterocycles. The van der Waals surface area contributed by atoms with Gasteiger partial charge >= 0.3 is 0 Å². The normalized spacial score (nSPS) is 10.7. The number of nitrogens with zero attached hydrogens (tertiary/aromatic N) is 2. The maximum atomic E-state index is 11.9. The number of benzene rings is 2. The summed E-state index contributed by atoms with van der Waals surface area (Å²) in [6.45, 7) is 1.96. The van der Waals surface area contributed by atoms with Gasteiger partial charge in [-0.15, -0.1) is 11.3 Å². The number of H-pyrrole nitrogens is 2. The average Bonchev–Trinajstić information content (AvgIpc) is 3.57. The van der Waals surface area contributed by atoms with Gasteiger partial charge in [0.25, 0.3) is 5.91 Å². The van der Waals surface area contributed by atoms with Crippen LogP contribution < -0.4 is 10.6 Å². The fraction of sp³-hybridized carbons (Fsp3) is 0.130. The van der Waals surface area contributed by atoms with Crippen molar-refractivity contribution in [1.29, 1.82) is 0 Å². The number of nitrogens with one attached hydrogen (secondary N) is 4.